The van der Waals surface area contributed by atoms with Gasteiger partial charge in [0.15, 0.2) is 0 Å². The molecule has 1 aliphatic rings. The number of carbonyl (C=O) groups is 2. The Bertz CT molecular complexity index is 635. The predicted octanol–water partition coefficient (Wildman–Crippen LogP) is 2.46. The maximum Gasteiger partial charge on any atom is 0.414 e. The van der Waals surface area contributed by atoms with Crippen LogP contribution in [0.15, 0.2) is 18.2 Å². The Morgan fingerprint density at radius 1 is 1.07 bits per heavy atom. The third-order valence-corrected chi connectivity index (χ3v) is 4.60. The molecule has 1 aromatic carbocycles. The van der Waals surface area contributed by atoms with Crippen molar-refractivity contribution in [1.29, 1.82) is 0 Å². The lowest BCUT2D eigenvalue weighted by atomic mass is 9.86. The molecule has 0 atom stereocenters. The first-order valence-corrected chi connectivity index (χ1v) is 9.61. The summed E-state index contributed by atoms with van der Waals surface area (Å²) in [5.41, 5.74) is 2.69. The highest BCUT2D eigenvalue weighted by atomic mass is 16.5. The summed E-state index contributed by atoms with van der Waals surface area (Å²) in [5.74, 6) is -2.59. The number of aliphatic carboxylic acids is 2. The number of carboxylic acid groups (broad SMARTS) is 2. The van der Waals surface area contributed by atoms with Gasteiger partial charge in [0, 0.05) is 32.7 Å². The fraction of sp³-hybridized carbons (Fsp3) is 0.619. The number of aryl methyl sites for hydroxylation is 1. The van der Waals surface area contributed by atoms with E-state index in [1.807, 2.05) is 0 Å². The van der Waals surface area contributed by atoms with Crippen LogP contribution in [0.2, 0.25) is 0 Å². The van der Waals surface area contributed by atoms with Gasteiger partial charge in [-0.15, -0.1) is 0 Å². The van der Waals surface area contributed by atoms with Crippen LogP contribution in [0.5, 0.6) is 5.75 Å². The van der Waals surface area contributed by atoms with E-state index in [2.05, 4.69) is 62.7 Å². The monoisotopic (exact) mass is 394 g/mol. The standard InChI is InChI=1S/C19H32N2O.C2H2O4/c1-16-7-8-17(19(2,3)4)18(15-16)22-14-6-9-21-12-10-20(5)11-13-21;3-1(4)2(5)6/h7-8,15H,6,9-14H2,1-5H3;(H,3,4)(H,5,6). The summed E-state index contributed by atoms with van der Waals surface area (Å²) in [7, 11) is 2.20. The summed E-state index contributed by atoms with van der Waals surface area (Å²) in [6.45, 7) is 15.6. The Balaban J connectivity index is 0.000000568. The smallest absolute Gasteiger partial charge is 0.414 e. The normalized spacial score (nSPS) is 15.5. The highest BCUT2D eigenvalue weighted by Crippen LogP contribution is 2.32. The maximum atomic E-state index is 9.10. The summed E-state index contributed by atoms with van der Waals surface area (Å²) in [4.78, 5) is 23.1. The molecule has 1 heterocycles. The van der Waals surface area contributed by atoms with E-state index in [0.29, 0.717) is 0 Å². The Hall–Kier alpha value is -2.12. The van der Waals surface area contributed by atoms with Crippen molar-refractivity contribution in [2.75, 3.05) is 46.4 Å². The third kappa shape index (κ3) is 8.71. The molecule has 1 aromatic rings. The summed E-state index contributed by atoms with van der Waals surface area (Å²) < 4.78 is 6.12. The topological polar surface area (TPSA) is 90.3 Å². The molecule has 0 spiro atoms. The van der Waals surface area contributed by atoms with Crippen LogP contribution in [0.4, 0.5) is 0 Å². The van der Waals surface area contributed by atoms with Crippen LogP contribution in [-0.4, -0.2) is 78.3 Å². The highest BCUT2D eigenvalue weighted by Gasteiger charge is 2.19. The average molecular weight is 395 g/mol. The van der Waals surface area contributed by atoms with Crippen molar-refractivity contribution in [3.63, 3.8) is 0 Å². The molecule has 7 nitrogen and oxygen atoms in total. The number of hydrogen-bond donors (Lipinski definition) is 2. The van der Waals surface area contributed by atoms with Crippen LogP contribution in [0.1, 0.15) is 38.3 Å². The summed E-state index contributed by atoms with van der Waals surface area (Å²) in [6, 6.07) is 6.57. The fourth-order valence-electron chi connectivity index (χ4n) is 2.91. The van der Waals surface area contributed by atoms with Crippen molar-refractivity contribution in [1.82, 2.24) is 9.80 Å². The number of likely N-dealkylation sites (N-methyl/N-ethyl adjacent to an activating group) is 1. The molecule has 28 heavy (non-hydrogen) atoms. The average Bonchev–Trinajstić information content (AvgIpc) is 2.59. The number of rotatable bonds is 5. The lowest BCUT2D eigenvalue weighted by Gasteiger charge is -2.32. The molecule has 1 fully saturated rings. The van der Waals surface area contributed by atoms with Gasteiger partial charge in [-0.25, -0.2) is 9.59 Å². The second-order valence-electron chi connectivity index (χ2n) is 8.21. The largest absolute Gasteiger partial charge is 0.493 e. The minimum absolute atomic E-state index is 0.125. The zero-order chi connectivity index (χ0) is 21.3. The van der Waals surface area contributed by atoms with Gasteiger partial charge in [-0.3, -0.25) is 0 Å². The molecule has 1 saturated heterocycles. The first-order valence-electron chi connectivity index (χ1n) is 9.61. The van der Waals surface area contributed by atoms with Crippen molar-refractivity contribution in [3.05, 3.63) is 29.3 Å². The Morgan fingerprint density at radius 2 is 1.64 bits per heavy atom. The quantitative estimate of drug-likeness (QED) is 0.586. The van der Waals surface area contributed by atoms with Crippen molar-refractivity contribution < 1.29 is 24.5 Å². The van der Waals surface area contributed by atoms with E-state index in [4.69, 9.17) is 24.5 Å². The fourth-order valence-corrected chi connectivity index (χ4v) is 2.91. The van der Waals surface area contributed by atoms with Gasteiger partial charge in [-0.1, -0.05) is 32.9 Å². The van der Waals surface area contributed by atoms with Crippen molar-refractivity contribution in [2.45, 2.75) is 39.5 Å². The lowest BCUT2D eigenvalue weighted by molar-refractivity contribution is -0.159. The summed E-state index contributed by atoms with van der Waals surface area (Å²) in [6.07, 6.45) is 1.10. The second-order valence-corrected chi connectivity index (χ2v) is 8.21. The number of ether oxygens (including phenoxy) is 1. The third-order valence-electron chi connectivity index (χ3n) is 4.60. The molecular weight excluding hydrogens is 360 g/mol. The van der Waals surface area contributed by atoms with Gasteiger partial charge in [0.2, 0.25) is 0 Å². The molecule has 7 heteroatoms. The molecule has 0 aliphatic carbocycles. The van der Waals surface area contributed by atoms with Gasteiger partial charge in [0.25, 0.3) is 0 Å². The minimum Gasteiger partial charge on any atom is -0.493 e. The molecule has 158 valence electrons. The second kappa shape index (κ2) is 11.0. The minimum atomic E-state index is -1.82. The molecule has 2 rings (SSSR count). The Labute approximate surface area is 167 Å². The van der Waals surface area contributed by atoms with E-state index in [0.717, 1.165) is 25.3 Å². The zero-order valence-electron chi connectivity index (χ0n) is 17.7. The molecule has 0 bridgehead atoms. The van der Waals surface area contributed by atoms with E-state index in [9.17, 15) is 0 Å². The van der Waals surface area contributed by atoms with Crippen LogP contribution in [0.3, 0.4) is 0 Å². The lowest BCUT2D eigenvalue weighted by Crippen LogP contribution is -2.44. The van der Waals surface area contributed by atoms with Crippen LogP contribution in [0, 0.1) is 6.92 Å². The molecule has 0 amide bonds. The highest BCUT2D eigenvalue weighted by molar-refractivity contribution is 6.27. The van der Waals surface area contributed by atoms with Gasteiger partial charge in [-0.05, 0) is 43.0 Å². The van der Waals surface area contributed by atoms with Crippen LogP contribution < -0.4 is 4.74 Å². The van der Waals surface area contributed by atoms with E-state index < -0.39 is 11.9 Å². The molecule has 2 N–H and O–H groups in total. The first-order chi connectivity index (χ1) is 13.0. The number of hydrogen-bond acceptors (Lipinski definition) is 5. The maximum absolute atomic E-state index is 9.10. The number of carboxylic acids is 2. The van der Waals surface area contributed by atoms with Crippen LogP contribution in [-0.2, 0) is 15.0 Å². The van der Waals surface area contributed by atoms with Gasteiger partial charge < -0.3 is 24.7 Å². The molecule has 0 unspecified atom stereocenters. The Morgan fingerprint density at radius 3 is 2.14 bits per heavy atom. The van der Waals surface area contributed by atoms with E-state index in [1.54, 1.807) is 0 Å². The van der Waals surface area contributed by atoms with Gasteiger partial charge in [-0.2, -0.15) is 0 Å². The SMILES string of the molecule is Cc1ccc(C(C)(C)C)c(OCCCN2CCN(C)CC2)c1.O=C(O)C(=O)O. The summed E-state index contributed by atoms with van der Waals surface area (Å²) >= 11 is 0. The van der Waals surface area contributed by atoms with E-state index >= 15 is 0 Å². The van der Waals surface area contributed by atoms with E-state index in [-0.39, 0.29) is 5.41 Å². The molecule has 0 radical (unpaired) electrons. The number of piperazine rings is 1. The van der Waals surface area contributed by atoms with Gasteiger partial charge in [0.1, 0.15) is 5.75 Å². The first kappa shape index (κ1) is 23.9. The molecule has 0 aromatic heterocycles. The molecular formula is C21H34N2O5. The molecule has 0 saturated carbocycles. The van der Waals surface area contributed by atoms with Crippen LogP contribution in [0.25, 0.3) is 0 Å². The van der Waals surface area contributed by atoms with Crippen molar-refractivity contribution >= 4 is 11.9 Å². The Kier molecular flexibility index (Phi) is 9.41. The van der Waals surface area contributed by atoms with Gasteiger partial charge in [0.05, 0.1) is 6.61 Å². The van der Waals surface area contributed by atoms with E-state index in [1.165, 1.54) is 37.3 Å². The number of nitrogens with zero attached hydrogens (tertiary/aromatic N) is 2. The van der Waals surface area contributed by atoms with Crippen molar-refractivity contribution in [2.24, 2.45) is 0 Å². The summed E-state index contributed by atoms with van der Waals surface area (Å²) in [5, 5.41) is 14.8. The molecule has 1 aliphatic heterocycles. The number of benzene rings is 1. The zero-order valence-corrected chi connectivity index (χ0v) is 17.7. The van der Waals surface area contributed by atoms with Crippen molar-refractivity contribution in [3.8, 4) is 5.75 Å². The predicted molar refractivity (Wildman–Crippen MR) is 109 cm³/mol. The van der Waals surface area contributed by atoms with Crippen LogP contribution >= 0.6 is 0 Å². The van der Waals surface area contributed by atoms with Gasteiger partial charge >= 0.3 is 11.9 Å².